The van der Waals surface area contributed by atoms with Crippen molar-refractivity contribution >= 4 is 0 Å². The number of hydrogen-bond acceptors (Lipinski definition) is 2. The van der Waals surface area contributed by atoms with E-state index in [0.717, 1.165) is 24.7 Å². The van der Waals surface area contributed by atoms with Crippen LogP contribution in [0.25, 0.3) is 0 Å². The largest absolute Gasteiger partial charge is 0.393 e. The van der Waals surface area contributed by atoms with Gasteiger partial charge in [0.1, 0.15) is 0 Å². The van der Waals surface area contributed by atoms with Crippen molar-refractivity contribution in [1.82, 2.24) is 0 Å². The fraction of sp³-hybridized carbons (Fsp3) is 1.00. The van der Waals surface area contributed by atoms with Crippen molar-refractivity contribution in [2.24, 2.45) is 34.0 Å². The van der Waals surface area contributed by atoms with Crippen LogP contribution in [0.5, 0.6) is 0 Å². The number of hydrogen-bond donors (Lipinski definition) is 2. The van der Waals surface area contributed by atoms with E-state index in [-0.39, 0.29) is 6.61 Å². The molecule has 0 radical (unpaired) electrons. The van der Waals surface area contributed by atoms with Gasteiger partial charge in [-0.05, 0) is 85.4 Å². The van der Waals surface area contributed by atoms with Gasteiger partial charge in [-0.3, -0.25) is 0 Å². The van der Waals surface area contributed by atoms with Crippen molar-refractivity contribution in [2.45, 2.75) is 84.2 Å². The lowest BCUT2D eigenvalue weighted by Crippen LogP contribution is -2.58. The second kappa shape index (κ2) is 4.51. The summed E-state index contributed by atoms with van der Waals surface area (Å²) >= 11 is 0. The Morgan fingerprint density at radius 3 is 2.45 bits per heavy atom. The summed E-state index contributed by atoms with van der Waals surface area (Å²) in [6.07, 6.45) is 11.2. The van der Waals surface area contributed by atoms with Gasteiger partial charge in [0.15, 0.2) is 0 Å². The lowest BCUT2D eigenvalue weighted by Gasteiger charge is -2.65. The third-order valence-corrected chi connectivity index (χ3v) is 9.17. The van der Waals surface area contributed by atoms with Crippen LogP contribution in [-0.2, 0) is 0 Å². The Bertz CT molecular complexity index is 472. The van der Waals surface area contributed by atoms with Gasteiger partial charge in [-0.25, -0.2) is 0 Å². The smallest absolute Gasteiger partial charge is 0.0905 e. The molecule has 4 fully saturated rings. The first-order chi connectivity index (χ1) is 10.3. The van der Waals surface area contributed by atoms with Crippen molar-refractivity contribution < 1.29 is 10.2 Å². The van der Waals surface area contributed by atoms with Crippen LogP contribution in [-0.4, -0.2) is 22.4 Å². The first-order valence-corrected chi connectivity index (χ1v) is 9.61. The Morgan fingerprint density at radius 1 is 0.955 bits per heavy atom. The molecule has 0 amide bonds. The molecule has 2 bridgehead atoms. The molecular formula is C20H34O2. The molecule has 0 aliphatic heterocycles. The van der Waals surface area contributed by atoms with Crippen LogP contribution in [0.1, 0.15) is 78.6 Å². The normalized spacial score (nSPS) is 56.3. The highest BCUT2D eigenvalue weighted by Crippen LogP contribution is 2.75. The second-order valence-corrected chi connectivity index (χ2v) is 10.1. The van der Waals surface area contributed by atoms with E-state index in [9.17, 15) is 10.2 Å². The maximum Gasteiger partial charge on any atom is 0.0905 e. The first kappa shape index (κ1) is 15.4. The van der Waals surface area contributed by atoms with Gasteiger partial charge >= 0.3 is 0 Å². The zero-order valence-electron chi connectivity index (χ0n) is 14.7. The SMILES string of the molecule is CC1(C)CCC[C@@]2(C)[C@@H]1CC[C@H]1C[C@H]3C[C@]12CC[C@@]3(O)CO. The Morgan fingerprint density at radius 2 is 1.73 bits per heavy atom. The summed E-state index contributed by atoms with van der Waals surface area (Å²) in [7, 11) is 0. The molecule has 0 saturated heterocycles. The van der Waals surface area contributed by atoms with Crippen LogP contribution >= 0.6 is 0 Å². The molecule has 2 N–H and O–H groups in total. The van der Waals surface area contributed by atoms with Crippen LogP contribution in [0.2, 0.25) is 0 Å². The summed E-state index contributed by atoms with van der Waals surface area (Å²) in [5.74, 6) is 1.99. The average Bonchev–Trinajstić information content (AvgIpc) is 2.80. The highest BCUT2D eigenvalue weighted by molar-refractivity contribution is 5.18. The Hall–Kier alpha value is -0.0800. The van der Waals surface area contributed by atoms with E-state index in [1.807, 2.05) is 0 Å². The molecule has 0 aromatic heterocycles. The molecule has 0 unspecified atom stereocenters. The lowest BCUT2D eigenvalue weighted by molar-refractivity contribution is -0.177. The predicted octanol–water partition coefficient (Wildman–Crippen LogP) is 4.14. The van der Waals surface area contributed by atoms with Crippen molar-refractivity contribution in [3.05, 3.63) is 0 Å². The second-order valence-electron chi connectivity index (χ2n) is 10.1. The molecule has 4 aliphatic rings. The molecule has 0 heterocycles. The minimum Gasteiger partial charge on any atom is -0.393 e. The number of fused-ring (bicyclic) bond motifs is 2. The third-order valence-electron chi connectivity index (χ3n) is 9.17. The maximum atomic E-state index is 10.8. The molecule has 1 spiro atoms. The van der Waals surface area contributed by atoms with Gasteiger partial charge in [0, 0.05) is 0 Å². The molecular weight excluding hydrogens is 272 g/mol. The van der Waals surface area contributed by atoms with E-state index >= 15 is 0 Å². The van der Waals surface area contributed by atoms with Gasteiger partial charge in [0.2, 0.25) is 0 Å². The van der Waals surface area contributed by atoms with Crippen molar-refractivity contribution in [3.63, 3.8) is 0 Å². The quantitative estimate of drug-likeness (QED) is 0.764. The van der Waals surface area contributed by atoms with Crippen LogP contribution in [0.3, 0.4) is 0 Å². The average molecular weight is 306 g/mol. The molecule has 22 heavy (non-hydrogen) atoms. The molecule has 4 rings (SSSR count). The fourth-order valence-corrected chi connectivity index (χ4v) is 8.00. The highest BCUT2D eigenvalue weighted by Gasteiger charge is 2.68. The van der Waals surface area contributed by atoms with Crippen LogP contribution in [0.4, 0.5) is 0 Å². The molecule has 2 heteroatoms. The summed E-state index contributed by atoms with van der Waals surface area (Å²) in [5, 5.41) is 20.6. The first-order valence-electron chi connectivity index (χ1n) is 9.61. The number of aliphatic hydroxyl groups excluding tert-OH is 1. The van der Waals surface area contributed by atoms with Crippen molar-refractivity contribution in [2.75, 3.05) is 6.61 Å². The van der Waals surface area contributed by atoms with E-state index in [1.165, 1.54) is 44.9 Å². The maximum absolute atomic E-state index is 10.8. The van der Waals surface area contributed by atoms with Crippen LogP contribution in [0.15, 0.2) is 0 Å². The van der Waals surface area contributed by atoms with Gasteiger partial charge in [0.25, 0.3) is 0 Å². The monoisotopic (exact) mass is 306 g/mol. The minimum absolute atomic E-state index is 0.0356. The zero-order chi connectivity index (χ0) is 15.8. The summed E-state index contributed by atoms with van der Waals surface area (Å²) in [6.45, 7) is 7.58. The standard InChI is InChI=1S/C20H34O2/c1-17(2)7-4-8-18(3)16(17)6-5-14-11-15-12-19(14,18)9-10-20(15,22)13-21/h14-16,21-22H,4-13H2,1-3H3/t14-,15-,16+,18-,19+,20+/m0/s1. The summed E-state index contributed by atoms with van der Waals surface area (Å²) in [4.78, 5) is 0. The van der Waals surface area contributed by atoms with Gasteiger partial charge in [-0.15, -0.1) is 0 Å². The Kier molecular flexibility index (Phi) is 3.16. The Labute approximate surface area is 135 Å². The van der Waals surface area contributed by atoms with Crippen molar-refractivity contribution in [3.8, 4) is 0 Å². The van der Waals surface area contributed by atoms with E-state index in [1.54, 1.807) is 0 Å². The topological polar surface area (TPSA) is 40.5 Å². The molecule has 126 valence electrons. The lowest BCUT2D eigenvalue weighted by atomic mass is 9.40. The summed E-state index contributed by atoms with van der Waals surface area (Å²) in [5.41, 5.74) is 0.622. The van der Waals surface area contributed by atoms with Crippen LogP contribution in [0, 0.1) is 34.0 Å². The van der Waals surface area contributed by atoms with E-state index < -0.39 is 5.60 Å². The molecule has 2 nitrogen and oxygen atoms in total. The van der Waals surface area contributed by atoms with Gasteiger partial charge < -0.3 is 10.2 Å². The molecule has 0 aromatic rings. The fourth-order valence-electron chi connectivity index (χ4n) is 8.00. The minimum atomic E-state index is -0.779. The zero-order valence-corrected chi connectivity index (χ0v) is 14.7. The van der Waals surface area contributed by atoms with E-state index in [0.29, 0.717) is 22.2 Å². The Balaban J connectivity index is 1.74. The van der Waals surface area contributed by atoms with Gasteiger partial charge in [-0.2, -0.15) is 0 Å². The predicted molar refractivity (Wildman–Crippen MR) is 88.4 cm³/mol. The molecule has 0 aromatic carbocycles. The number of rotatable bonds is 1. The third kappa shape index (κ3) is 1.69. The van der Waals surface area contributed by atoms with Gasteiger partial charge in [-0.1, -0.05) is 27.2 Å². The molecule has 4 saturated carbocycles. The van der Waals surface area contributed by atoms with Gasteiger partial charge in [0.05, 0.1) is 12.2 Å². The summed E-state index contributed by atoms with van der Waals surface area (Å²) in [6, 6.07) is 0. The number of aliphatic hydroxyl groups is 2. The van der Waals surface area contributed by atoms with E-state index in [4.69, 9.17) is 0 Å². The molecule has 4 aliphatic carbocycles. The van der Waals surface area contributed by atoms with Crippen molar-refractivity contribution in [1.29, 1.82) is 0 Å². The van der Waals surface area contributed by atoms with Crippen LogP contribution < -0.4 is 0 Å². The van der Waals surface area contributed by atoms with E-state index in [2.05, 4.69) is 20.8 Å². The summed E-state index contributed by atoms with van der Waals surface area (Å²) < 4.78 is 0. The molecule has 6 atom stereocenters. The highest BCUT2D eigenvalue weighted by atomic mass is 16.3.